The maximum atomic E-state index is 12.0. The summed E-state index contributed by atoms with van der Waals surface area (Å²) in [4.78, 5) is 12.0. The SMILES string of the molecule is CCS[C@@H]1O[C@H](COCC(=O)OC(C)(C)C)[C@@H]2OC(C)(C)O[C@@H]2[C@H]1OCc1ccc(OC)cc1. The maximum Gasteiger partial charge on any atom is 0.332 e. The largest absolute Gasteiger partial charge is 0.497 e. The molecule has 0 N–H and O–H groups in total. The third-order valence-electron chi connectivity index (χ3n) is 5.29. The summed E-state index contributed by atoms with van der Waals surface area (Å²) in [6.45, 7) is 11.8. The molecule has 8 nitrogen and oxygen atoms in total. The number of ether oxygens (including phenoxy) is 7. The van der Waals surface area contributed by atoms with E-state index in [9.17, 15) is 4.79 Å². The molecule has 1 aromatic carbocycles. The molecule has 0 spiro atoms. The summed E-state index contributed by atoms with van der Waals surface area (Å²) in [5.41, 5.74) is 0.201. The number of rotatable bonds is 10. The summed E-state index contributed by atoms with van der Waals surface area (Å²) in [6, 6.07) is 7.78. The van der Waals surface area contributed by atoms with E-state index in [1.165, 1.54) is 0 Å². The first-order valence-corrected chi connectivity index (χ1v) is 12.7. The molecule has 0 saturated carbocycles. The van der Waals surface area contributed by atoms with Gasteiger partial charge in [-0.15, -0.1) is 11.8 Å². The van der Waals surface area contributed by atoms with Crippen molar-refractivity contribution in [3.8, 4) is 5.75 Å². The van der Waals surface area contributed by atoms with E-state index in [2.05, 4.69) is 6.92 Å². The quantitative estimate of drug-likeness (QED) is 0.446. The highest BCUT2D eigenvalue weighted by Gasteiger charge is 2.55. The van der Waals surface area contributed by atoms with E-state index in [1.54, 1.807) is 18.9 Å². The van der Waals surface area contributed by atoms with Crippen molar-refractivity contribution in [2.24, 2.45) is 0 Å². The van der Waals surface area contributed by atoms with Crippen LogP contribution in [-0.4, -0.2) is 73.3 Å². The Bertz CT molecular complexity index is 791. The van der Waals surface area contributed by atoms with Crippen molar-refractivity contribution in [2.45, 2.75) is 89.4 Å². The van der Waals surface area contributed by atoms with Crippen LogP contribution in [0.5, 0.6) is 5.75 Å². The van der Waals surface area contributed by atoms with Gasteiger partial charge in [0.2, 0.25) is 0 Å². The third kappa shape index (κ3) is 7.57. The highest BCUT2D eigenvalue weighted by Crippen LogP contribution is 2.41. The van der Waals surface area contributed by atoms with Gasteiger partial charge in [0, 0.05) is 0 Å². The molecule has 2 heterocycles. The van der Waals surface area contributed by atoms with Gasteiger partial charge in [-0.05, 0) is 58.1 Å². The van der Waals surface area contributed by atoms with Crippen molar-refractivity contribution in [3.05, 3.63) is 29.8 Å². The molecule has 3 rings (SSSR count). The van der Waals surface area contributed by atoms with Crippen molar-refractivity contribution in [2.75, 3.05) is 26.1 Å². The molecule has 5 atom stereocenters. The molecule has 192 valence electrons. The van der Waals surface area contributed by atoms with Crippen LogP contribution in [-0.2, 0) is 39.8 Å². The minimum Gasteiger partial charge on any atom is -0.497 e. The summed E-state index contributed by atoms with van der Waals surface area (Å²) in [7, 11) is 1.64. The molecule has 0 amide bonds. The standard InChI is InChI=1S/C25H38O8S/c1-8-34-23-22(29-13-16-9-11-17(27-7)12-10-16)21-20(32-25(5,6)33-21)18(30-23)14-28-15-19(26)31-24(2,3)4/h9-12,18,20-23H,8,13-15H2,1-7H3/t18-,20+,21+,22-,23+/m1/s1. The molecule has 2 fully saturated rings. The number of methoxy groups -OCH3 is 1. The Balaban J connectivity index is 1.67. The number of thioether (sulfide) groups is 1. The van der Waals surface area contributed by atoms with Crippen LogP contribution in [0.4, 0.5) is 0 Å². The fraction of sp³-hybridized carbons (Fsp3) is 0.720. The molecule has 34 heavy (non-hydrogen) atoms. The molecular formula is C25H38O8S. The van der Waals surface area contributed by atoms with Gasteiger partial charge in [-0.3, -0.25) is 0 Å². The van der Waals surface area contributed by atoms with Gasteiger partial charge < -0.3 is 33.2 Å². The molecule has 2 aliphatic rings. The Labute approximate surface area is 206 Å². The molecule has 0 bridgehead atoms. The fourth-order valence-corrected chi connectivity index (χ4v) is 4.96. The lowest BCUT2D eigenvalue weighted by molar-refractivity contribution is -0.194. The second-order valence-electron chi connectivity index (χ2n) is 9.79. The van der Waals surface area contributed by atoms with Crippen LogP contribution in [0, 0.1) is 0 Å². The van der Waals surface area contributed by atoms with Gasteiger partial charge in [-0.1, -0.05) is 19.1 Å². The second-order valence-corrected chi connectivity index (χ2v) is 11.2. The van der Waals surface area contributed by atoms with Gasteiger partial charge in [0.25, 0.3) is 0 Å². The van der Waals surface area contributed by atoms with Crippen molar-refractivity contribution in [1.29, 1.82) is 0 Å². The molecule has 1 aromatic rings. The summed E-state index contributed by atoms with van der Waals surface area (Å²) in [5, 5.41) is 0. The van der Waals surface area contributed by atoms with Gasteiger partial charge in [0.05, 0.1) is 20.3 Å². The molecule has 2 aliphatic heterocycles. The predicted molar refractivity (Wildman–Crippen MR) is 129 cm³/mol. The summed E-state index contributed by atoms with van der Waals surface area (Å²) in [6.07, 6.45) is -1.45. The van der Waals surface area contributed by atoms with Crippen LogP contribution in [0.15, 0.2) is 24.3 Å². The fourth-order valence-electron chi connectivity index (χ4n) is 3.99. The molecule has 0 unspecified atom stereocenters. The lowest BCUT2D eigenvalue weighted by Crippen LogP contribution is -2.57. The average molecular weight is 499 g/mol. The first kappa shape index (κ1) is 27.2. The lowest BCUT2D eigenvalue weighted by atomic mass is 10.00. The normalized spacial score (nSPS) is 28.4. The van der Waals surface area contributed by atoms with E-state index < -0.39 is 23.5 Å². The van der Waals surface area contributed by atoms with Crippen molar-refractivity contribution in [3.63, 3.8) is 0 Å². The Hall–Kier alpha value is -1.36. The number of carbonyl (C=O) groups excluding carboxylic acids is 1. The number of hydrogen-bond acceptors (Lipinski definition) is 9. The Morgan fingerprint density at radius 2 is 1.79 bits per heavy atom. The highest BCUT2D eigenvalue weighted by molar-refractivity contribution is 7.99. The smallest absolute Gasteiger partial charge is 0.332 e. The van der Waals surface area contributed by atoms with E-state index in [4.69, 9.17) is 33.2 Å². The van der Waals surface area contributed by atoms with Gasteiger partial charge >= 0.3 is 5.97 Å². The zero-order chi connectivity index (χ0) is 24.9. The van der Waals surface area contributed by atoms with Crippen molar-refractivity contribution >= 4 is 17.7 Å². The number of benzene rings is 1. The van der Waals surface area contributed by atoms with E-state index in [1.807, 2.05) is 58.9 Å². The average Bonchev–Trinajstić information content (AvgIpc) is 3.08. The molecule has 9 heteroatoms. The zero-order valence-electron chi connectivity index (χ0n) is 21.2. The van der Waals surface area contributed by atoms with Crippen molar-refractivity contribution in [1.82, 2.24) is 0 Å². The minimum atomic E-state index is -0.782. The van der Waals surface area contributed by atoms with Gasteiger partial charge in [0.15, 0.2) is 5.79 Å². The second kappa shape index (κ2) is 11.6. The molecule has 2 saturated heterocycles. The summed E-state index contributed by atoms with van der Waals surface area (Å²) >= 11 is 1.65. The zero-order valence-corrected chi connectivity index (χ0v) is 22.0. The van der Waals surface area contributed by atoms with E-state index >= 15 is 0 Å². The van der Waals surface area contributed by atoms with Crippen LogP contribution < -0.4 is 4.74 Å². The molecule has 0 radical (unpaired) electrons. The summed E-state index contributed by atoms with van der Waals surface area (Å²) < 4.78 is 41.4. The van der Waals surface area contributed by atoms with Gasteiger partial charge in [-0.25, -0.2) is 4.79 Å². The maximum absolute atomic E-state index is 12.0. The topological polar surface area (TPSA) is 81.7 Å². The highest BCUT2D eigenvalue weighted by atomic mass is 32.2. The van der Waals surface area contributed by atoms with Gasteiger partial charge in [0.1, 0.15) is 47.8 Å². The molecule has 0 aliphatic carbocycles. The van der Waals surface area contributed by atoms with Crippen LogP contribution >= 0.6 is 11.8 Å². The lowest BCUT2D eigenvalue weighted by Gasteiger charge is -2.41. The van der Waals surface area contributed by atoms with Crippen LogP contribution in [0.3, 0.4) is 0 Å². The Morgan fingerprint density at radius 1 is 1.12 bits per heavy atom. The van der Waals surface area contributed by atoms with E-state index in [0.717, 1.165) is 17.1 Å². The third-order valence-corrected chi connectivity index (χ3v) is 6.33. The van der Waals surface area contributed by atoms with E-state index in [-0.39, 0.29) is 37.0 Å². The van der Waals surface area contributed by atoms with Crippen LogP contribution in [0.2, 0.25) is 0 Å². The number of esters is 1. The monoisotopic (exact) mass is 498 g/mol. The minimum absolute atomic E-state index is 0.151. The number of fused-ring (bicyclic) bond motifs is 1. The molecular weight excluding hydrogens is 460 g/mol. The number of carbonyl (C=O) groups is 1. The Morgan fingerprint density at radius 3 is 2.41 bits per heavy atom. The van der Waals surface area contributed by atoms with Crippen molar-refractivity contribution < 1.29 is 38.0 Å². The first-order valence-electron chi connectivity index (χ1n) is 11.7. The van der Waals surface area contributed by atoms with Crippen LogP contribution in [0.25, 0.3) is 0 Å². The van der Waals surface area contributed by atoms with Gasteiger partial charge in [-0.2, -0.15) is 0 Å². The predicted octanol–water partition coefficient (Wildman–Crippen LogP) is 3.94. The Kier molecular flexibility index (Phi) is 9.28. The summed E-state index contributed by atoms with van der Waals surface area (Å²) in [5.74, 6) is 0.451. The molecule has 0 aromatic heterocycles. The first-order chi connectivity index (χ1) is 16.0. The number of hydrogen-bond donors (Lipinski definition) is 0. The van der Waals surface area contributed by atoms with Crippen LogP contribution in [0.1, 0.15) is 47.1 Å². The van der Waals surface area contributed by atoms with E-state index in [0.29, 0.717) is 6.61 Å².